The predicted octanol–water partition coefficient (Wildman–Crippen LogP) is 4.05. The number of hydrogen-bond acceptors (Lipinski definition) is 4. The molecule has 2 aromatic heterocycles. The van der Waals surface area contributed by atoms with Crippen molar-refractivity contribution in [3.63, 3.8) is 0 Å². The van der Waals surface area contributed by atoms with Crippen LogP contribution in [0.25, 0.3) is 16.9 Å². The molecule has 0 atom stereocenters. The minimum Gasteiger partial charge on any atom is -0.406 e. The number of nitrogens with zero attached hydrogens (tertiary/aromatic N) is 3. The molecular formula is C15H11F3IN3O2. The SMILES string of the molecule is COCc1cc(OC(F)(F)F)ccc1-c1ccn2ncc(I)c2n1. The summed E-state index contributed by atoms with van der Waals surface area (Å²) in [5.74, 6) is -0.293. The summed E-state index contributed by atoms with van der Waals surface area (Å²) in [7, 11) is 1.47. The third kappa shape index (κ3) is 3.61. The molecule has 3 rings (SSSR count). The Morgan fingerprint density at radius 1 is 1.25 bits per heavy atom. The third-order valence-electron chi connectivity index (χ3n) is 3.21. The van der Waals surface area contributed by atoms with Crippen molar-refractivity contribution in [2.45, 2.75) is 13.0 Å². The highest BCUT2D eigenvalue weighted by molar-refractivity contribution is 14.1. The number of fused-ring (bicyclic) bond motifs is 1. The molecule has 0 aliphatic heterocycles. The molecule has 0 bridgehead atoms. The van der Waals surface area contributed by atoms with E-state index in [4.69, 9.17) is 4.74 Å². The Morgan fingerprint density at radius 2 is 2.04 bits per heavy atom. The quantitative estimate of drug-likeness (QED) is 0.565. The molecule has 0 unspecified atom stereocenters. The summed E-state index contributed by atoms with van der Waals surface area (Å²) in [4.78, 5) is 4.53. The normalized spacial score (nSPS) is 11.9. The van der Waals surface area contributed by atoms with Gasteiger partial charge in [-0.05, 0) is 52.4 Å². The second-order valence-electron chi connectivity index (χ2n) is 4.87. The van der Waals surface area contributed by atoms with Crippen molar-refractivity contribution in [1.29, 1.82) is 0 Å². The largest absolute Gasteiger partial charge is 0.573 e. The lowest BCUT2D eigenvalue weighted by molar-refractivity contribution is -0.274. The van der Waals surface area contributed by atoms with Crippen LogP contribution in [0.5, 0.6) is 5.75 Å². The van der Waals surface area contributed by atoms with Crippen LogP contribution in [-0.2, 0) is 11.3 Å². The second-order valence-corrected chi connectivity index (χ2v) is 6.04. The first kappa shape index (κ1) is 17.0. The van der Waals surface area contributed by atoms with Gasteiger partial charge >= 0.3 is 6.36 Å². The molecule has 0 saturated carbocycles. The molecule has 24 heavy (non-hydrogen) atoms. The van der Waals surface area contributed by atoms with E-state index in [2.05, 4.69) is 37.4 Å². The fourth-order valence-electron chi connectivity index (χ4n) is 2.28. The highest BCUT2D eigenvalue weighted by Gasteiger charge is 2.31. The van der Waals surface area contributed by atoms with Crippen LogP contribution in [0.3, 0.4) is 0 Å². The molecule has 0 saturated heterocycles. The van der Waals surface area contributed by atoms with Gasteiger partial charge in [-0.3, -0.25) is 0 Å². The van der Waals surface area contributed by atoms with Crippen molar-refractivity contribution in [1.82, 2.24) is 14.6 Å². The van der Waals surface area contributed by atoms with Crippen molar-refractivity contribution in [3.05, 3.63) is 45.8 Å². The summed E-state index contributed by atoms with van der Waals surface area (Å²) in [5, 5.41) is 4.14. The molecule has 0 aliphatic rings. The maximum Gasteiger partial charge on any atom is 0.573 e. The summed E-state index contributed by atoms with van der Waals surface area (Å²) in [5.41, 5.74) is 2.51. The third-order valence-corrected chi connectivity index (χ3v) is 3.97. The van der Waals surface area contributed by atoms with Crippen LogP contribution in [0, 0.1) is 3.57 Å². The van der Waals surface area contributed by atoms with Gasteiger partial charge in [0.1, 0.15) is 5.75 Å². The maximum absolute atomic E-state index is 12.4. The van der Waals surface area contributed by atoms with E-state index in [1.807, 2.05) is 0 Å². The lowest BCUT2D eigenvalue weighted by atomic mass is 10.0. The Labute approximate surface area is 148 Å². The smallest absolute Gasteiger partial charge is 0.406 e. The van der Waals surface area contributed by atoms with Crippen LogP contribution in [0.1, 0.15) is 5.56 Å². The second kappa shape index (κ2) is 6.55. The molecule has 3 aromatic rings. The molecule has 126 valence electrons. The minimum absolute atomic E-state index is 0.133. The first-order valence-corrected chi connectivity index (χ1v) is 7.83. The first-order valence-electron chi connectivity index (χ1n) is 6.75. The maximum atomic E-state index is 12.4. The zero-order valence-corrected chi connectivity index (χ0v) is 14.5. The Bertz CT molecular complexity index is 880. The fraction of sp³-hybridized carbons (Fsp3) is 0.200. The van der Waals surface area contributed by atoms with Crippen LogP contribution in [0.2, 0.25) is 0 Å². The van der Waals surface area contributed by atoms with Crippen LogP contribution >= 0.6 is 22.6 Å². The highest BCUT2D eigenvalue weighted by Crippen LogP contribution is 2.30. The molecule has 0 fully saturated rings. The first-order chi connectivity index (χ1) is 11.4. The van der Waals surface area contributed by atoms with Gasteiger partial charge in [0.2, 0.25) is 0 Å². The summed E-state index contributed by atoms with van der Waals surface area (Å²) in [6.07, 6.45) is -1.31. The molecule has 0 spiro atoms. The average molecular weight is 449 g/mol. The van der Waals surface area contributed by atoms with E-state index in [1.54, 1.807) is 23.0 Å². The van der Waals surface area contributed by atoms with Gasteiger partial charge in [-0.15, -0.1) is 13.2 Å². The highest BCUT2D eigenvalue weighted by atomic mass is 127. The Kier molecular flexibility index (Phi) is 4.63. The molecule has 0 radical (unpaired) electrons. The van der Waals surface area contributed by atoms with Crippen LogP contribution in [-0.4, -0.2) is 28.1 Å². The van der Waals surface area contributed by atoms with Gasteiger partial charge in [0.15, 0.2) is 5.65 Å². The summed E-state index contributed by atoms with van der Waals surface area (Å²) < 4.78 is 48.7. The van der Waals surface area contributed by atoms with E-state index in [-0.39, 0.29) is 12.4 Å². The van der Waals surface area contributed by atoms with Gasteiger partial charge in [0.05, 0.1) is 22.1 Å². The summed E-state index contributed by atoms with van der Waals surface area (Å²) >= 11 is 2.12. The number of benzene rings is 1. The summed E-state index contributed by atoms with van der Waals surface area (Å²) in [6, 6.07) is 5.85. The van der Waals surface area contributed by atoms with Crippen molar-refractivity contribution >= 4 is 28.2 Å². The molecule has 0 N–H and O–H groups in total. The lowest BCUT2D eigenvalue weighted by Crippen LogP contribution is -2.17. The number of halogens is 4. The minimum atomic E-state index is -4.74. The van der Waals surface area contributed by atoms with E-state index in [0.29, 0.717) is 22.5 Å². The van der Waals surface area contributed by atoms with Crippen molar-refractivity contribution in [2.75, 3.05) is 7.11 Å². The van der Waals surface area contributed by atoms with Gasteiger partial charge in [0, 0.05) is 18.9 Å². The number of aromatic nitrogens is 3. The van der Waals surface area contributed by atoms with Crippen LogP contribution in [0.4, 0.5) is 13.2 Å². The van der Waals surface area contributed by atoms with E-state index in [0.717, 1.165) is 3.57 Å². The monoisotopic (exact) mass is 449 g/mol. The zero-order chi connectivity index (χ0) is 17.3. The van der Waals surface area contributed by atoms with Crippen LogP contribution in [0.15, 0.2) is 36.7 Å². The van der Waals surface area contributed by atoms with Gasteiger partial charge in [-0.25, -0.2) is 9.50 Å². The Hall–Kier alpha value is -1.88. The molecule has 0 amide bonds. The van der Waals surface area contributed by atoms with Crippen molar-refractivity contribution in [2.24, 2.45) is 0 Å². The molecule has 2 heterocycles. The lowest BCUT2D eigenvalue weighted by Gasteiger charge is -2.13. The van der Waals surface area contributed by atoms with E-state index in [9.17, 15) is 13.2 Å². The topological polar surface area (TPSA) is 48.7 Å². The Morgan fingerprint density at radius 3 is 2.75 bits per heavy atom. The predicted molar refractivity (Wildman–Crippen MR) is 88.5 cm³/mol. The number of ether oxygens (including phenoxy) is 2. The molecule has 0 aliphatic carbocycles. The number of rotatable bonds is 4. The number of hydrogen-bond donors (Lipinski definition) is 0. The van der Waals surface area contributed by atoms with Gasteiger partial charge in [-0.1, -0.05) is 0 Å². The Balaban J connectivity index is 2.05. The van der Waals surface area contributed by atoms with Crippen LogP contribution < -0.4 is 4.74 Å². The van der Waals surface area contributed by atoms with Gasteiger partial charge in [-0.2, -0.15) is 5.10 Å². The molecule has 5 nitrogen and oxygen atoms in total. The van der Waals surface area contributed by atoms with E-state index >= 15 is 0 Å². The molecule has 9 heteroatoms. The molecular weight excluding hydrogens is 438 g/mol. The van der Waals surface area contributed by atoms with Gasteiger partial charge in [0.25, 0.3) is 0 Å². The van der Waals surface area contributed by atoms with Crippen molar-refractivity contribution < 1.29 is 22.6 Å². The fourth-order valence-corrected chi connectivity index (χ4v) is 2.78. The van der Waals surface area contributed by atoms with Gasteiger partial charge < -0.3 is 9.47 Å². The van der Waals surface area contributed by atoms with E-state index in [1.165, 1.54) is 25.3 Å². The zero-order valence-electron chi connectivity index (χ0n) is 12.3. The van der Waals surface area contributed by atoms with Crippen molar-refractivity contribution in [3.8, 4) is 17.0 Å². The van der Waals surface area contributed by atoms with E-state index < -0.39 is 6.36 Å². The number of alkyl halides is 3. The average Bonchev–Trinajstić information content (AvgIpc) is 2.87. The summed E-state index contributed by atoms with van der Waals surface area (Å²) in [6.45, 7) is 0.133. The molecule has 1 aromatic carbocycles. The standard InChI is InChI=1S/C15H11F3IN3O2/c1-23-8-9-6-10(24-15(16,17)18)2-3-11(9)13-4-5-22-14(21-13)12(19)7-20-22/h2-7H,8H2,1H3. The number of methoxy groups -OCH3 is 1.